The summed E-state index contributed by atoms with van der Waals surface area (Å²) in [7, 11) is 0. The molecule has 0 aliphatic rings. The number of pyridine rings is 2. The molecule has 7 heteroatoms. The SMILES string of the molecule is O=C(NNC(=O)c1ccc2cccc(O)c2n1)c1ccccn1. The number of carbonyl (C=O) groups is 2. The zero-order valence-corrected chi connectivity index (χ0v) is 11.9. The maximum absolute atomic E-state index is 12.0. The summed E-state index contributed by atoms with van der Waals surface area (Å²) in [6.07, 6.45) is 1.48. The van der Waals surface area contributed by atoms with Crippen molar-refractivity contribution >= 4 is 22.7 Å². The minimum Gasteiger partial charge on any atom is -0.506 e. The van der Waals surface area contributed by atoms with Crippen LogP contribution in [0.4, 0.5) is 0 Å². The molecule has 0 radical (unpaired) electrons. The zero-order chi connectivity index (χ0) is 16.2. The van der Waals surface area contributed by atoms with E-state index in [1.165, 1.54) is 24.4 Å². The van der Waals surface area contributed by atoms with E-state index >= 15 is 0 Å². The summed E-state index contributed by atoms with van der Waals surface area (Å²) in [6.45, 7) is 0. The first-order valence-electron chi connectivity index (χ1n) is 6.75. The number of rotatable bonds is 2. The van der Waals surface area contributed by atoms with Crippen LogP contribution in [0, 0.1) is 0 Å². The Morgan fingerprint density at radius 2 is 1.65 bits per heavy atom. The third-order valence-electron chi connectivity index (χ3n) is 3.12. The number of aromatic nitrogens is 2. The molecule has 1 aromatic carbocycles. The summed E-state index contributed by atoms with van der Waals surface area (Å²) in [5, 5.41) is 10.5. The smallest absolute Gasteiger partial charge is 0.288 e. The van der Waals surface area contributed by atoms with Crippen molar-refractivity contribution in [2.24, 2.45) is 0 Å². The summed E-state index contributed by atoms with van der Waals surface area (Å²) in [6, 6.07) is 13.0. The van der Waals surface area contributed by atoms with Gasteiger partial charge in [-0.05, 0) is 24.3 Å². The second kappa shape index (κ2) is 6.10. The van der Waals surface area contributed by atoms with Gasteiger partial charge in [0.25, 0.3) is 11.8 Å². The van der Waals surface area contributed by atoms with Crippen molar-refractivity contribution in [2.45, 2.75) is 0 Å². The number of phenolic OH excluding ortho intramolecular Hbond substituents is 1. The second-order valence-electron chi connectivity index (χ2n) is 4.67. The molecule has 0 saturated heterocycles. The van der Waals surface area contributed by atoms with Gasteiger partial charge in [0, 0.05) is 11.6 Å². The third-order valence-corrected chi connectivity index (χ3v) is 3.12. The first kappa shape index (κ1) is 14.5. The van der Waals surface area contributed by atoms with E-state index in [9.17, 15) is 14.7 Å². The molecule has 0 aliphatic heterocycles. The van der Waals surface area contributed by atoms with Crippen LogP contribution in [0.1, 0.15) is 21.0 Å². The molecule has 0 aliphatic carbocycles. The summed E-state index contributed by atoms with van der Waals surface area (Å²) >= 11 is 0. The van der Waals surface area contributed by atoms with Crippen LogP contribution in [-0.4, -0.2) is 26.9 Å². The molecule has 3 aromatic rings. The minimum absolute atomic E-state index is 0.0188. The maximum Gasteiger partial charge on any atom is 0.288 e. The highest BCUT2D eigenvalue weighted by Crippen LogP contribution is 2.22. The number of hydrazine groups is 1. The van der Waals surface area contributed by atoms with Gasteiger partial charge in [-0.15, -0.1) is 0 Å². The fraction of sp³-hybridized carbons (Fsp3) is 0. The Bertz CT molecular complexity index is 881. The second-order valence-corrected chi connectivity index (χ2v) is 4.67. The van der Waals surface area contributed by atoms with E-state index in [0.717, 1.165) is 0 Å². The molecule has 0 fully saturated rings. The topological polar surface area (TPSA) is 104 Å². The molecular formula is C16H12N4O3. The van der Waals surface area contributed by atoms with Gasteiger partial charge in [-0.3, -0.25) is 25.4 Å². The number of aromatic hydroxyl groups is 1. The first-order chi connectivity index (χ1) is 11.1. The van der Waals surface area contributed by atoms with E-state index in [-0.39, 0.29) is 17.1 Å². The monoisotopic (exact) mass is 308 g/mol. The minimum atomic E-state index is -0.598. The van der Waals surface area contributed by atoms with Crippen LogP contribution in [0.25, 0.3) is 10.9 Å². The summed E-state index contributed by atoms with van der Waals surface area (Å²) in [5.74, 6) is -1.16. The Morgan fingerprint density at radius 3 is 2.39 bits per heavy atom. The third kappa shape index (κ3) is 3.08. The van der Waals surface area contributed by atoms with Gasteiger partial charge in [-0.25, -0.2) is 4.98 Å². The Balaban J connectivity index is 1.74. The average molecular weight is 308 g/mol. The quantitative estimate of drug-likeness (QED) is 0.621. The summed E-state index contributed by atoms with van der Waals surface area (Å²) in [5.41, 5.74) is 5.08. The number of carbonyl (C=O) groups excluding carboxylic acids is 2. The number of phenols is 1. The highest BCUT2D eigenvalue weighted by molar-refractivity contribution is 5.98. The van der Waals surface area contributed by atoms with E-state index in [1.807, 2.05) is 0 Å². The van der Waals surface area contributed by atoms with Gasteiger partial charge in [0.05, 0.1) is 0 Å². The lowest BCUT2D eigenvalue weighted by molar-refractivity contribution is 0.0841. The highest BCUT2D eigenvalue weighted by Gasteiger charge is 2.12. The molecule has 7 nitrogen and oxygen atoms in total. The van der Waals surface area contributed by atoms with Gasteiger partial charge in [-0.2, -0.15) is 0 Å². The van der Waals surface area contributed by atoms with Crippen molar-refractivity contribution < 1.29 is 14.7 Å². The lowest BCUT2D eigenvalue weighted by Crippen LogP contribution is -2.42. The van der Waals surface area contributed by atoms with Crippen molar-refractivity contribution in [2.75, 3.05) is 0 Å². The largest absolute Gasteiger partial charge is 0.506 e. The lowest BCUT2D eigenvalue weighted by atomic mass is 10.2. The molecule has 3 N–H and O–H groups in total. The Hall–Kier alpha value is -3.48. The number of nitrogens with zero attached hydrogens (tertiary/aromatic N) is 2. The van der Waals surface area contributed by atoms with Crippen LogP contribution >= 0.6 is 0 Å². The Morgan fingerprint density at radius 1 is 0.870 bits per heavy atom. The van der Waals surface area contributed by atoms with E-state index in [4.69, 9.17) is 0 Å². The molecule has 0 saturated carbocycles. The van der Waals surface area contributed by atoms with Gasteiger partial charge in [0.1, 0.15) is 22.7 Å². The molecular weight excluding hydrogens is 296 g/mol. The van der Waals surface area contributed by atoms with Crippen LogP contribution in [0.2, 0.25) is 0 Å². The number of para-hydroxylation sites is 1. The average Bonchev–Trinajstić information content (AvgIpc) is 2.60. The van der Waals surface area contributed by atoms with Gasteiger partial charge >= 0.3 is 0 Å². The first-order valence-corrected chi connectivity index (χ1v) is 6.75. The van der Waals surface area contributed by atoms with Crippen molar-refractivity contribution in [3.8, 4) is 5.75 Å². The molecule has 3 rings (SSSR count). The number of nitrogens with one attached hydrogen (secondary N) is 2. The molecule has 2 amide bonds. The predicted octanol–water partition coefficient (Wildman–Crippen LogP) is 1.41. The Kier molecular flexibility index (Phi) is 3.84. The van der Waals surface area contributed by atoms with E-state index in [0.29, 0.717) is 10.9 Å². The predicted molar refractivity (Wildman–Crippen MR) is 82.6 cm³/mol. The van der Waals surface area contributed by atoms with Crippen LogP contribution in [0.5, 0.6) is 5.75 Å². The van der Waals surface area contributed by atoms with E-state index in [2.05, 4.69) is 20.8 Å². The highest BCUT2D eigenvalue weighted by atomic mass is 16.3. The van der Waals surface area contributed by atoms with Gasteiger partial charge in [0.2, 0.25) is 0 Å². The number of amides is 2. The number of hydrogen-bond acceptors (Lipinski definition) is 5. The molecule has 2 heterocycles. The zero-order valence-electron chi connectivity index (χ0n) is 11.9. The maximum atomic E-state index is 12.0. The molecule has 0 bridgehead atoms. The van der Waals surface area contributed by atoms with Crippen molar-refractivity contribution in [3.05, 3.63) is 66.1 Å². The van der Waals surface area contributed by atoms with Gasteiger partial charge in [-0.1, -0.05) is 24.3 Å². The molecule has 0 spiro atoms. The molecule has 0 unspecified atom stereocenters. The van der Waals surface area contributed by atoms with Crippen LogP contribution in [0.3, 0.4) is 0 Å². The number of fused-ring (bicyclic) bond motifs is 1. The van der Waals surface area contributed by atoms with Crippen molar-refractivity contribution in [1.29, 1.82) is 0 Å². The van der Waals surface area contributed by atoms with Crippen LogP contribution in [-0.2, 0) is 0 Å². The van der Waals surface area contributed by atoms with Crippen LogP contribution in [0.15, 0.2) is 54.7 Å². The van der Waals surface area contributed by atoms with Crippen molar-refractivity contribution in [1.82, 2.24) is 20.8 Å². The Labute approximate surface area is 131 Å². The van der Waals surface area contributed by atoms with Crippen LogP contribution < -0.4 is 10.9 Å². The van der Waals surface area contributed by atoms with Crippen molar-refractivity contribution in [3.63, 3.8) is 0 Å². The molecule has 0 atom stereocenters. The fourth-order valence-corrected chi connectivity index (χ4v) is 2.00. The standard InChI is InChI=1S/C16H12N4O3/c21-13-6-3-4-10-7-8-12(18-14(10)13)16(23)20-19-15(22)11-5-1-2-9-17-11/h1-9,21H,(H,19,22)(H,20,23). The summed E-state index contributed by atoms with van der Waals surface area (Å²) < 4.78 is 0. The van der Waals surface area contributed by atoms with E-state index < -0.39 is 11.8 Å². The number of benzene rings is 1. The summed E-state index contributed by atoms with van der Waals surface area (Å²) in [4.78, 5) is 31.8. The normalized spacial score (nSPS) is 10.3. The number of hydrogen-bond donors (Lipinski definition) is 3. The molecule has 114 valence electrons. The van der Waals surface area contributed by atoms with Gasteiger partial charge in [0.15, 0.2) is 0 Å². The van der Waals surface area contributed by atoms with Gasteiger partial charge < -0.3 is 5.11 Å². The molecule has 23 heavy (non-hydrogen) atoms. The lowest BCUT2D eigenvalue weighted by Gasteiger charge is -2.07. The van der Waals surface area contributed by atoms with E-state index in [1.54, 1.807) is 30.3 Å². The molecule has 2 aromatic heterocycles. The fourth-order valence-electron chi connectivity index (χ4n) is 2.00.